The lowest BCUT2D eigenvalue weighted by molar-refractivity contribution is 0.0850. The van der Waals surface area contributed by atoms with Crippen LogP contribution in [0.1, 0.15) is 49.8 Å². The van der Waals surface area contributed by atoms with Crippen LogP contribution in [0.3, 0.4) is 0 Å². The van der Waals surface area contributed by atoms with Gasteiger partial charge in [0.05, 0.1) is 5.69 Å². The smallest absolute Gasteiger partial charge is 0.267 e. The first kappa shape index (κ1) is 11.3. The average Bonchev–Trinajstić information content (AvgIpc) is 2.30. The molecule has 1 N–H and O–H groups in total. The molecule has 4 heteroatoms. The van der Waals surface area contributed by atoms with E-state index in [0.717, 1.165) is 37.3 Å². The fourth-order valence-corrected chi connectivity index (χ4v) is 2.04. The second-order valence-electron chi connectivity index (χ2n) is 4.62. The van der Waals surface area contributed by atoms with Crippen molar-refractivity contribution in [3.8, 4) is 0 Å². The zero-order valence-electron chi connectivity index (χ0n) is 9.82. The molecule has 0 aliphatic carbocycles. The molecule has 0 radical (unpaired) electrons. The van der Waals surface area contributed by atoms with E-state index in [9.17, 15) is 4.79 Å². The second kappa shape index (κ2) is 4.78. The fourth-order valence-electron chi connectivity index (χ4n) is 2.04. The van der Waals surface area contributed by atoms with Gasteiger partial charge in [0, 0.05) is 18.8 Å². The molecule has 2 rings (SSSR count). The molecule has 0 amide bonds. The Morgan fingerprint density at radius 2 is 2.12 bits per heavy atom. The molecule has 1 aromatic rings. The Balaban J connectivity index is 2.30. The summed E-state index contributed by atoms with van der Waals surface area (Å²) in [6, 6.07) is 1.96. The van der Waals surface area contributed by atoms with E-state index in [1.54, 1.807) is 0 Å². The van der Waals surface area contributed by atoms with Crippen molar-refractivity contribution in [3.05, 3.63) is 27.7 Å². The van der Waals surface area contributed by atoms with Gasteiger partial charge in [-0.25, -0.2) is 5.10 Å². The van der Waals surface area contributed by atoms with Crippen LogP contribution in [-0.4, -0.2) is 23.4 Å². The van der Waals surface area contributed by atoms with E-state index in [0.29, 0.717) is 11.8 Å². The summed E-state index contributed by atoms with van der Waals surface area (Å²) in [7, 11) is 0. The maximum atomic E-state index is 11.7. The van der Waals surface area contributed by atoms with Crippen molar-refractivity contribution < 1.29 is 4.74 Å². The summed E-state index contributed by atoms with van der Waals surface area (Å²) in [5.74, 6) is 0.674. The first-order valence-corrected chi connectivity index (χ1v) is 5.85. The third kappa shape index (κ3) is 2.32. The van der Waals surface area contributed by atoms with Gasteiger partial charge in [0.15, 0.2) is 0 Å². The lowest BCUT2D eigenvalue weighted by atomic mass is 9.92. The minimum atomic E-state index is -0.0451. The number of ether oxygens (including phenoxy) is 1. The Bertz CT molecular complexity index is 406. The highest BCUT2D eigenvalue weighted by Gasteiger charge is 2.19. The molecule has 1 saturated heterocycles. The van der Waals surface area contributed by atoms with E-state index >= 15 is 0 Å². The van der Waals surface area contributed by atoms with Crippen molar-refractivity contribution in [3.63, 3.8) is 0 Å². The summed E-state index contributed by atoms with van der Waals surface area (Å²) in [6.45, 7) is 5.66. The minimum Gasteiger partial charge on any atom is -0.381 e. The molecule has 16 heavy (non-hydrogen) atoms. The highest BCUT2D eigenvalue weighted by Crippen LogP contribution is 2.25. The van der Waals surface area contributed by atoms with Crippen LogP contribution in [0, 0.1) is 0 Å². The topological polar surface area (TPSA) is 55.0 Å². The van der Waals surface area contributed by atoms with E-state index in [1.165, 1.54) is 0 Å². The summed E-state index contributed by atoms with van der Waals surface area (Å²) in [5.41, 5.74) is 1.79. The maximum Gasteiger partial charge on any atom is 0.267 e. The van der Waals surface area contributed by atoms with Crippen LogP contribution in [-0.2, 0) is 4.74 Å². The summed E-state index contributed by atoms with van der Waals surface area (Å²) in [5, 5.41) is 6.67. The number of nitrogens with zero attached hydrogens (tertiary/aromatic N) is 1. The van der Waals surface area contributed by atoms with Gasteiger partial charge in [-0.3, -0.25) is 4.79 Å². The van der Waals surface area contributed by atoms with Crippen LogP contribution in [0.25, 0.3) is 0 Å². The fraction of sp³-hybridized carbons (Fsp3) is 0.667. The van der Waals surface area contributed by atoms with Crippen molar-refractivity contribution in [1.29, 1.82) is 0 Å². The maximum absolute atomic E-state index is 11.7. The van der Waals surface area contributed by atoms with E-state index in [4.69, 9.17) is 4.74 Å². The first-order chi connectivity index (χ1) is 7.68. The lowest BCUT2D eigenvalue weighted by Gasteiger charge is -2.22. The molecule has 0 aromatic carbocycles. The predicted molar refractivity (Wildman–Crippen MR) is 61.7 cm³/mol. The Kier molecular flexibility index (Phi) is 3.39. The first-order valence-electron chi connectivity index (χ1n) is 5.85. The van der Waals surface area contributed by atoms with Gasteiger partial charge in [-0.2, -0.15) is 5.10 Å². The van der Waals surface area contributed by atoms with Crippen molar-refractivity contribution in [2.45, 2.75) is 38.5 Å². The molecule has 4 nitrogen and oxygen atoms in total. The van der Waals surface area contributed by atoms with Gasteiger partial charge in [0.25, 0.3) is 5.56 Å². The average molecular weight is 222 g/mol. The number of aromatic nitrogens is 2. The molecule has 1 fully saturated rings. The number of rotatable bonds is 2. The number of aromatic amines is 1. The van der Waals surface area contributed by atoms with Crippen molar-refractivity contribution in [2.24, 2.45) is 0 Å². The Morgan fingerprint density at radius 3 is 2.75 bits per heavy atom. The number of hydrogen-bond donors (Lipinski definition) is 1. The predicted octanol–water partition coefficient (Wildman–Crippen LogP) is 1.79. The normalized spacial score (nSPS) is 17.9. The van der Waals surface area contributed by atoms with Crippen LogP contribution in [0.4, 0.5) is 0 Å². The molecule has 0 bridgehead atoms. The molecule has 1 aliphatic heterocycles. The zero-order valence-corrected chi connectivity index (χ0v) is 9.82. The van der Waals surface area contributed by atoms with Crippen molar-refractivity contribution in [1.82, 2.24) is 10.2 Å². The van der Waals surface area contributed by atoms with Gasteiger partial charge < -0.3 is 4.74 Å². The lowest BCUT2D eigenvalue weighted by Crippen LogP contribution is -2.23. The number of nitrogens with one attached hydrogen (secondary N) is 1. The van der Waals surface area contributed by atoms with E-state index in [-0.39, 0.29) is 5.56 Å². The Labute approximate surface area is 95.0 Å². The van der Waals surface area contributed by atoms with Crippen LogP contribution in [0.5, 0.6) is 0 Å². The number of hydrogen-bond acceptors (Lipinski definition) is 3. The standard InChI is InChI=1S/C12H18N2O2/c1-8(2)11-7-10(12(15)14-13-11)9-3-5-16-6-4-9/h7-9H,3-6H2,1-2H3,(H,14,15). The molecule has 88 valence electrons. The quantitative estimate of drug-likeness (QED) is 0.830. The minimum absolute atomic E-state index is 0.0451. The van der Waals surface area contributed by atoms with Gasteiger partial charge in [0.2, 0.25) is 0 Å². The van der Waals surface area contributed by atoms with Gasteiger partial charge in [-0.15, -0.1) is 0 Å². The van der Waals surface area contributed by atoms with Crippen LogP contribution < -0.4 is 5.56 Å². The Hall–Kier alpha value is -1.16. The summed E-state index contributed by atoms with van der Waals surface area (Å²) >= 11 is 0. The highest BCUT2D eigenvalue weighted by atomic mass is 16.5. The Morgan fingerprint density at radius 1 is 1.44 bits per heavy atom. The summed E-state index contributed by atoms with van der Waals surface area (Å²) < 4.78 is 5.31. The molecule has 2 heterocycles. The molecule has 1 aromatic heterocycles. The largest absolute Gasteiger partial charge is 0.381 e. The van der Waals surface area contributed by atoms with Gasteiger partial charge in [-0.05, 0) is 30.7 Å². The van der Waals surface area contributed by atoms with E-state index < -0.39 is 0 Å². The van der Waals surface area contributed by atoms with Gasteiger partial charge >= 0.3 is 0 Å². The van der Waals surface area contributed by atoms with Crippen LogP contribution in [0.15, 0.2) is 10.9 Å². The summed E-state index contributed by atoms with van der Waals surface area (Å²) in [4.78, 5) is 11.7. The number of H-pyrrole nitrogens is 1. The SMILES string of the molecule is CC(C)c1cc(C2CCOCC2)c(=O)[nH]n1. The van der Waals surface area contributed by atoms with Gasteiger partial charge in [-0.1, -0.05) is 13.8 Å². The molecule has 0 spiro atoms. The summed E-state index contributed by atoms with van der Waals surface area (Å²) in [6.07, 6.45) is 1.87. The van der Waals surface area contributed by atoms with Gasteiger partial charge in [0.1, 0.15) is 0 Å². The molecule has 0 saturated carbocycles. The monoisotopic (exact) mass is 222 g/mol. The molecular weight excluding hydrogens is 204 g/mol. The van der Waals surface area contributed by atoms with Crippen LogP contribution >= 0.6 is 0 Å². The van der Waals surface area contributed by atoms with Crippen molar-refractivity contribution >= 4 is 0 Å². The van der Waals surface area contributed by atoms with E-state index in [2.05, 4.69) is 24.0 Å². The molecule has 0 unspecified atom stereocenters. The molecular formula is C12H18N2O2. The molecule has 0 atom stereocenters. The van der Waals surface area contributed by atoms with Crippen LogP contribution in [0.2, 0.25) is 0 Å². The van der Waals surface area contributed by atoms with Crippen molar-refractivity contribution in [2.75, 3.05) is 13.2 Å². The second-order valence-corrected chi connectivity index (χ2v) is 4.62. The highest BCUT2D eigenvalue weighted by molar-refractivity contribution is 5.19. The third-order valence-corrected chi connectivity index (χ3v) is 3.10. The zero-order chi connectivity index (χ0) is 11.5. The third-order valence-electron chi connectivity index (χ3n) is 3.10. The molecule has 1 aliphatic rings. The van der Waals surface area contributed by atoms with E-state index in [1.807, 2.05) is 6.07 Å².